The van der Waals surface area contributed by atoms with E-state index in [2.05, 4.69) is 10.1 Å². The molecular weight excluding hydrogens is 234 g/mol. The van der Waals surface area contributed by atoms with Gasteiger partial charge in [0.2, 0.25) is 11.7 Å². The Labute approximate surface area is 107 Å². The van der Waals surface area contributed by atoms with Gasteiger partial charge in [-0.1, -0.05) is 12.1 Å². The maximum Gasteiger partial charge on any atom is 0.229 e. The van der Waals surface area contributed by atoms with Gasteiger partial charge in [0.15, 0.2) is 0 Å². The Morgan fingerprint density at radius 2 is 2.28 bits per heavy atom. The molecule has 1 aromatic rings. The molecule has 0 bridgehead atoms. The largest absolute Gasteiger partial charge is 0.392 e. The lowest BCUT2D eigenvalue weighted by Gasteiger charge is -2.23. The molecule has 2 unspecified atom stereocenters. The average Bonchev–Trinajstić information content (AvgIpc) is 2.78. The molecule has 0 aliphatic heterocycles. The molecule has 1 rings (SSSR count). The summed E-state index contributed by atoms with van der Waals surface area (Å²) in [5.74, 6) is 0.804. The molecule has 1 N–H and O–H groups in total. The molecule has 0 aromatic carbocycles. The Kier molecular flexibility index (Phi) is 5.25. The molecule has 6 nitrogen and oxygen atoms in total. The Balaban J connectivity index is 2.76. The van der Waals surface area contributed by atoms with Crippen LogP contribution in [0.5, 0.6) is 0 Å². The molecule has 0 aliphatic carbocycles. The van der Waals surface area contributed by atoms with Crippen LogP contribution in [0.4, 0.5) is 0 Å². The van der Waals surface area contributed by atoms with Crippen LogP contribution in [0, 0.1) is 11.3 Å². The summed E-state index contributed by atoms with van der Waals surface area (Å²) >= 11 is 0. The molecule has 0 aliphatic rings. The van der Waals surface area contributed by atoms with Gasteiger partial charge in [0.05, 0.1) is 25.0 Å². The number of hydrogen-bond acceptors (Lipinski definition) is 6. The Morgan fingerprint density at radius 3 is 2.83 bits per heavy atom. The van der Waals surface area contributed by atoms with Crippen LogP contribution in [0.1, 0.15) is 45.3 Å². The first-order valence-electron chi connectivity index (χ1n) is 6.07. The fourth-order valence-corrected chi connectivity index (χ4v) is 1.57. The third-order valence-electron chi connectivity index (χ3n) is 2.82. The lowest BCUT2D eigenvalue weighted by Crippen LogP contribution is -2.26. The summed E-state index contributed by atoms with van der Waals surface area (Å²) in [5.41, 5.74) is -0.573. The minimum atomic E-state index is -0.775. The zero-order valence-corrected chi connectivity index (χ0v) is 11.0. The lowest BCUT2D eigenvalue weighted by molar-refractivity contribution is -0.0403. The monoisotopic (exact) mass is 253 g/mol. The fraction of sp³-hybridized carbons (Fsp3) is 0.750. The molecule has 0 spiro atoms. The van der Waals surface area contributed by atoms with Gasteiger partial charge in [0.25, 0.3) is 0 Å². The number of nitrogens with zero attached hydrogens (tertiary/aromatic N) is 3. The van der Waals surface area contributed by atoms with E-state index in [9.17, 15) is 5.11 Å². The highest BCUT2D eigenvalue weighted by Crippen LogP contribution is 2.26. The molecule has 1 aromatic heterocycles. The van der Waals surface area contributed by atoms with Crippen molar-refractivity contribution in [2.75, 3.05) is 6.61 Å². The molecule has 18 heavy (non-hydrogen) atoms. The number of nitriles is 1. The first-order chi connectivity index (χ1) is 8.55. The second kappa shape index (κ2) is 6.47. The molecule has 0 radical (unpaired) electrons. The first kappa shape index (κ1) is 14.6. The normalized spacial score (nSPS) is 15.9. The van der Waals surface area contributed by atoms with E-state index >= 15 is 0 Å². The minimum Gasteiger partial charge on any atom is -0.392 e. The van der Waals surface area contributed by atoms with Crippen LogP contribution in [0.15, 0.2) is 4.52 Å². The van der Waals surface area contributed by atoms with Crippen LogP contribution < -0.4 is 0 Å². The minimum absolute atomic E-state index is 0.0498. The summed E-state index contributed by atoms with van der Waals surface area (Å²) in [6.45, 7) is 6.35. The number of hydrogen-bond donors (Lipinski definition) is 1. The molecule has 0 saturated heterocycles. The molecule has 100 valence electrons. The second-order valence-electron chi connectivity index (χ2n) is 4.25. The second-order valence-corrected chi connectivity index (χ2v) is 4.25. The molecule has 2 atom stereocenters. The topological polar surface area (TPSA) is 92.2 Å². The number of ether oxygens (including phenoxy) is 1. The van der Waals surface area contributed by atoms with Crippen molar-refractivity contribution < 1.29 is 14.4 Å². The van der Waals surface area contributed by atoms with Crippen LogP contribution >= 0.6 is 0 Å². The van der Waals surface area contributed by atoms with E-state index in [-0.39, 0.29) is 12.8 Å². The van der Waals surface area contributed by atoms with Crippen molar-refractivity contribution in [3.05, 3.63) is 11.7 Å². The van der Waals surface area contributed by atoms with Crippen LogP contribution in [0.25, 0.3) is 0 Å². The van der Waals surface area contributed by atoms with Crippen molar-refractivity contribution in [3.8, 4) is 6.07 Å². The number of aliphatic hydroxyl groups excluding tert-OH is 1. The Morgan fingerprint density at radius 1 is 1.56 bits per heavy atom. The zero-order chi connectivity index (χ0) is 13.6. The van der Waals surface area contributed by atoms with Crippen LogP contribution in [0.2, 0.25) is 0 Å². The van der Waals surface area contributed by atoms with Gasteiger partial charge in [-0.15, -0.1) is 0 Å². The number of aromatic nitrogens is 2. The number of rotatable bonds is 7. The summed E-state index contributed by atoms with van der Waals surface area (Å²) < 4.78 is 10.7. The standard InChI is InChI=1S/C12H19N3O3/c1-4-12(3,17-5-2)11-14-10(18-15-11)8-9(16)6-7-13/h9,16H,4-6,8H2,1-3H3. The SMILES string of the molecule is CCOC(C)(CC)c1noc(CC(O)CC#N)n1. The number of aliphatic hydroxyl groups is 1. The van der Waals surface area contributed by atoms with Gasteiger partial charge in [-0.25, -0.2) is 0 Å². The summed E-state index contributed by atoms with van der Waals surface area (Å²) in [6, 6.07) is 1.89. The molecule has 1 heterocycles. The van der Waals surface area contributed by atoms with E-state index in [0.717, 1.165) is 6.42 Å². The predicted octanol–water partition coefficient (Wildman–Crippen LogP) is 1.55. The van der Waals surface area contributed by atoms with E-state index in [0.29, 0.717) is 18.3 Å². The van der Waals surface area contributed by atoms with E-state index in [1.54, 1.807) is 0 Å². The van der Waals surface area contributed by atoms with Crippen molar-refractivity contribution in [2.45, 2.75) is 51.7 Å². The average molecular weight is 253 g/mol. The van der Waals surface area contributed by atoms with Gasteiger partial charge in [-0.05, 0) is 20.3 Å². The summed E-state index contributed by atoms with van der Waals surface area (Å²) in [6.07, 6.45) is 0.185. The summed E-state index contributed by atoms with van der Waals surface area (Å²) in [7, 11) is 0. The van der Waals surface area contributed by atoms with Gasteiger partial charge in [0.1, 0.15) is 5.60 Å². The molecule has 0 fully saturated rings. The van der Waals surface area contributed by atoms with Gasteiger partial charge >= 0.3 is 0 Å². The van der Waals surface area contributed by atoms with Crippen molar-refractivity contribution in [1.82, 2.24) is 10.1 Å². The predicted molar refractivity (Wildman–Crippen MR) is 63.5 cm³/mol. The van der Waals surface area contributed by atoms with Crippen molar-refractivity contribution >= 4 is 0 Å². The maximum atomic E-state index is 9.49. The summed E-state index contributed by atoms with van der Waals surface area (Å²) in [4.78, 5) is 4.22. The van der Waals surface area contributed by atoms with Crippen molar-refractivity contribution in [1.29, 1.82) is 5.26 Å². The van der Waals surface area contributed by atoms with Gasteiger partial charge in [-0.2, -0.15) is 10.2 Å². The van der Waals surface area contributed by atoms with Gasteiger partial charge in [-0.3, -0.25) is 0 Å². The molecule has 6 heteroatoms. The van der Waals surface area contributed by atoms with Crippen molar-refractivity contribution in [3.63, 3.8) is 0 Å². The quantitative estimate of drug-likeness (QED) is 0.792. The van der Waals surface area contributed by atoms with Gasteiger partial charge < -0.3 is 14.4 Å². The van der Waals surface area contributed by atoms with Crippen LogP contribution in [-0.4, -0.2) is 28.0 Å². The highest BCUT2D eigenvalue weighted by atomic mass is 16.5. The Bertz CT molecular complexity index is 413. The maximum absolute atomic E-state index is 9.49. The van der Waals surface area contributed by atoms with Crippen LogP contribution in [-0.2, 0) is 16.8 Å². The van der Waals surface area contributed by atoms with Crippen molar-refractivity contribution in [2.24, 2.45) is 0 Å². The smallest absolute Gasteiger partial charge is 0.229 e. The highest BCUT2D eigenvalue weighted by Gasteiger charge is 2.31. The van der Waals surface area contributed by atoms with E-state index in [4.69, 9.17) is 14.5 Å². The molecule has 0 amide bonds. The molecule has 0 saturated carbocycles. The van der Waals surface area contributed by atoms with E-state index in [1.807, 2.05) is 26.8 Å². The van der Waals surface area contributed by atoms with E-state index < -0.39 is 11.7 Å². The third kappa shape index (κ3) is 3.52. The summed E-state index contributed by atoms with van der Waals surface area (Å²) in [5, 5.41) is 21.8. The zero-order valence-electron chi connectivity index (χ0n) is 11.0. The van der Waals surface area contributed by atoms with Gasteiger partial charge in [0, 0.05) is 6.61 Å². The third-order valence-corrected chi connectivity index (χ3v) is 2.82. The first-order valence-corrected chi connectivity index (χ1v) is 6.07. The van der Waals surface area contributed by atoms with Crippen LogP contribution in [0.3, 0.4) is 0 Å². The Hall–Kier alpha value is -1.45. The van der Waals surface area contributed by atoms with E-state index in [1.165, 1.54) is 0 Å². The lowest BCUT2D eigenvalue weighted by atomic mass is 10.0. The fourth-order valence-electron chi connectivity index (χ4n) is 1.57. The molecular formula is C12H19N3O3. The highest BCUT2D eigenvalue weighted by molar-refractivity contribution is 5.00.